The maximum atomic E-state index is 14.3. The fourth-order valence-corrected chi connectivity index (χ4v) is 3.84. The van der Waals surface area contributed by atoms with Crippen LogP contribution in [-0.2, 0) is 6.54 Å². The average molecular weight is 277 g/mol. The minimum Gasteiger partial charge on any atom is -0.354 e. The van der Waals surface area contributed by atoms with E-state index in [-0.39, 0.29) is 12.4 Å². The zero-order valence-electron chi connectivity index (χ0n) is 12.1. The molecule has 0 atom stereocenters. The highest BCUT2D eigenvalue weighted by Gasteiger charge is 2.36. The molecule has 3 nitrogen and oxygen atoms in total. The first-order valence-corrected chi connectivity index (χ1v) is 7.82. The Labute approximate surface area is 120 Å². The second-order valence-corrected chi connectivity index (χ2v) is 6.36. The molecule has 1 spiro atoms. The molecule has 1 saturated heterocycles. The number of nitrogens with two attached hydrogens (primary N) is 1. The van der Waals surface area contributed by atoms with E-state index in [1.54, 1.807) is 12.3 Å². The molecule has 1 aliphatic heterocycles. The first-order chi connectivity index (χ1) is 9.74. The van der Waals surface area contributed by atoms with Gasteiger partial charge in [0.1, 0.15) is 0 Å². The van der Waals surface area contributed by atoms with Gasteiger partial charge in [-0.25, -0.2) is 9.37 Å². The number of piperidine rings is 1. The predicted molar refractivity (Wildman–Crippen MR) is 79.1 cm³/mol. The summed E-state index contributed by atoms with van der Waals surface area (Å²) < 4.78 is 14.3. The maximum Gasteiger partial charge on any atom is 0.170 e. The number of aromatic nitrogens is 1. The number of halogens is 1. The quantitative estimate of drug-likeness (QED) is 0.902. The molecule has 1 aromatic rings. The normalized spacial score (nSPS) is 22.2. The second kappa shape index (κ2) is 5.68. The highest BCUT2D eigenvalue weighted by atomic mass is 19.1. The monoisotopic (exact) mass is 277 g/mol. The molecule has 0 bridgehead atoms. The molecule has 1 saturated carbocycles. The van der Waals surface area contributed by atoms with Gasteiger partial charge in [-0.3, -0.25) is 0 Å². The summed E-state index contributed by atoms with van der Waals surface area (Å²) in [5, 5.41) is 0. The number of hydrogen-bond donors (Lipinski definition) is 1. The van der Waals surface area contributed by atoms with E-state index in [0.717, 1.165) is 13.1 Å². The van der Waals surface area contributed by atoms with Crippen molar-refractivity contribution < 1.29 is 4.39 Å². The Kier molecular flexibility index (Phi) is 3.92. The number of pyridine rings is 1. The topological polar surface area (TPSA) is 42.1 Å². The summed E-state index contributed by atoms with van der Waals surface area (Å²) in [5.41, 5.74) is 6.68. The number of anilines is 1. The van der Waals surface area contributed by atoms with E-state index in [2.05, 4.69) is 9.88 Å². The Morgan fingerprint density at radius 3 is 2.50 bits per heavy atom. The molecule has 0 amide bonds. The highest BCUT2D eigenvalue weighted by molar-refractivity contribution is 5.43. The first-order valence-electron chi connectivity index (χ1n) is 7.82. The lowest BCUT2D eigenvalue weighted by Gasteiger charge is -2.44. The van der Waals surface area contributed by atoms with Crippen molar-refractivity contribution in [3.8, 4) is 0 Å². The SMILES string of the molecule is NCc1ccnc(N2CCC3(CCCCC3)CC2)c1F. The molecule has 4 heteroatoms. The molecule has 0 radical (unpaired) electrons. The van der Waals surface area contributed by atoms with Gasteiger partial charge < -0.3 is 10.6 Å². The van der Waals surface area contributed by atoms with Crippen molar-refractivity contribution in [1.29, 1.82) is 0 Å². The van der Waals surface area contributed by atoms with Crippen LogP contribution in [0.2, 0.25) is 0 Å². The van der Waals surface area contributed by atoms with Crippen molar-refractivity contribution in [1.82, 2.24) is 4.98 Å². The molecule has 0 unspecified atom stereocenters. The van der Waals surface area contributed by atoms with Crippen LogP contribution >= 0.6 is 0 Å². The van der Waals surface area contributed by atoms with Crippen LogP contribution in [0, 0.1) is 11.2 Å². The fourth-order valence-electron chi connectivity index (χ4n) is 3.84. The summed E-state index contributed by atoms with van der Waals surface area (Å²) in [5.74, 6) is 0.271. The number of nitrogens with zero attached hydrogens (tertiary/aromatic N) is 2. The van der Waals surface area contributed by atoms with Crippen LogP contribution in [0.15, 0.2) is 12.3 Å². The van der Waals surface area contributed by atoms with Crippen molar-refractivity contribution in [2.24, 2.45) is 11.1 Å². The van der Waals surface area contributed by atoms with E-state index in [0.29, 0.717) is 16.8 Å². The van der Waals surface area contributed by atoms with E-state index < -0.39 is 0 Å². The van der Waals surface area contributed by atoms with Gasteiger partial charge in [-0.2, -0.15) is 0 Å². The zero-order chi connectivity index (χ0) is 14.0. The minimum absolute atomic E-state index is 0.227. The van der Waals surface area contributed by atoms with E-state index in [1.165, 1.54) is 44.9 Å². The lowest BCUT2D eigenvalue weighted by molar-refractivity contribution is 0.144. The van der Waals surface area contributed by atoms with E-state index in [4.69, 9.17) is 5.73 Å². The van der Waals surface area contributed by atoms with Gasteiger partial charge in [0.15, 0.2) is 11.6 Å². The van der Waals surface area contributed by atoms with E-state index >= 15 is 0 Å². The molecule has 1 aliphatic carbocycles. The minimum atomic E-state index is -0.227. The van der Waals surface area contributed by atoms with Crippen LogP contribution in [0.1, 0.15) is 50.5 Å². The summed E-state index contributed by atoms with van der Waals surface area (Å²) in [4.78, 5) is 6.34. The molecular weight excluding hydrogens is 253 g/mol. The molecule has 2 fully saturated rings. The molecule has 2 heterocycles. The van der Waals surface area contributed by atoms with Crippen molar-refractivity contribution in [3.05, 3.63) is 23.6 Å². The average Bonchev–Trinajstić information content (AvgIpc) is 2.50. The molecule has 2 N–H and O–H groups in total. The molecule has 0 aromatic carbocycles. The lowest BCUT2D eigenvalue weighted by atomic mass is 9.68. The second-order valence-electron chi connectivity index (χ2n) is 6.36. The third-order valence-electron chi connectivity index (χ3n) is 5.21. The summed E-state index contributed by atoms with van der Waals surface area (Å²) in [6.45, 7) is 2.09. The third kappa shape index (κ3) is 2.53. The van der Waals surface area contributed by atoms with Crippen molar-refractivity contribution >= 4 is 5.82 Å². The largest absolute Gasteiger partial charge is 0.354 e. The maximum absolute atomic E-state index is 14.3. The van der Waals surface area contributed by atoms with Gasteiger partial charge in [-0.1, -0.05) is 19.3 Å². The van der Waals surface area contributed by atoms with Crippen molar-refractivity contribution in [3.63, 3.8) is 0 Å². The van der Waals surface area contributed by atoms with Gasteiger partial charge in [0.25, 0.3) is 0 Å². The van der Waals surface area contributed by atoms with Gasteiger partial charge in [0.2, 0.25) is 0 Å². The molecule has 3 rings (SSSR count). The van der Waals surface area contributed by atoms with Gasteiger partial charge in [0, 0.05) is 31.4 Å². The smallest absolute Gasteiger partial charge is 0.170 e. The summed E-state index contributed by atoms with van der Waals surface area (Å²) >= 11 is 0. The molecule has 20 heavy (non-hydrogen) atoms. The first kappa shape index (κ1) is 13.8. The fraction of sp³-hybridized carbons (Fsp3) is 0.688. The van der Waals surface area contributed by atoms with E-state index in [9.17, 15) is 4.39 Å². The third-order valence-corrected chi connectivity index (χ3v) is 5.21. The van der Waals surface area contributed by atoms with Gasteiger partial charge >= 0.3 is 0 Å². The Morgan fingerprint density at radius 2 is 1.85 bits per heavy atom. The molecule has 110 valence electrons. The van der Waals surface area contributed by atoms with E-state index in [1.807, 2.05) is 0 Å². The molecule has 2 aliphatic rings. The number of hydrogen-bond acceptors (Lipinski definition) is 3. The standard InChI is InChI=1S/C16H24FN3/c17-14-13(12-18)4-9-19-15(14)20-10-7-16(8-11-20)5-2-1-3-6-16/h4,9H,1-3,5-8,10-12,18H2. The summed E-state index contributed by atoms with van der Waals surface area (Å²) in [7, 11) is 0. The molecular formula is C16H24FN3. The van der Waals surface area contributed by atoms with Crippen LogP contribution in [0.3, 0.4) is 0 Å². The van der Waals surface area contributed by atoms with Crippen LogP contribution in [0.25, 0.3) is 0 Å². The Bertz CT molecular complexity index is 459. The summed E-state index contributed by atoms with van der Waals surface area (Å²) in [6.07, 6.45) is 10.9. The van der Waals surface area contributed by atoms with Gasteiger partial charge in [-0.05, 0) is 37.2 Å². The zero-order valence-corrected chi connectivity index (χ0v) is 12.1. The number of rotatable bonds is 2. The van der Waals surface area contributed by atoms with Crippen LogP contribution in [-0.4, -0.2) is 18.1 Å². The van der Waals surface area contributed by atoms with Crippen LogP contribution in [0.5, 0.6) is 0 Å². The van der Waals surface area contributed by atoms with Gasteiger partial charge in [0.05, 0.1) is 0 Å². The van der Waals surface area contributed by atoms with Crippen molar-refractivity contribution in [2.75, 3.05) is 18.0 Å². The summed E-state index contributed by atoms with van der Waals surface area (Å²) in [6, 6.07) is 1.67. The van der Waals surface area contributed by atoms with Gasteiger partial charge in [-0.15, -0.1) is 0 Å². The predicted octanol–water partition coefficient (Wildman–Crippen LogP) is 3.23. The molecule has 1 aromatic heterocycles. The Balaban J connectivity index is 1.72. The Hall–Kier alpha value is -1.16. The van der Waals surface area contributed by atoms with Crippen LogP contribution < -0.4 is 10.6 Å². The van der Waals surface area contributed by atoms with Crippen molar-refractivity contribution in [2.45, 2.75) is 51.5 Å². The Morgan fingerprint density at radius 1 is 1.15 bits per heavy atom. The highest BCUT2D eigenvalue weighted by Crippen LogP contribution is 2.45. The van der Waals surface area contributed by atoms with Crippen LogP contribution in [0.4, 0.5) is 10.2 Å². The lowest BCUT2D eigenvalue weighted by Crippen LogP contribution is -2.41.